The first-order valence-electron chi connectivity index (χ1n) is 9.69. The second kappa shape index (κ2) is 9.06. The molecule has 1 aliphatic heterocycles. The molecule has 1 aliphatic carbocycles. The Bertz CT molecular complexity index is 824. The van der Waals surface area contributed by atoms with Crippen LogP contribution in [0.3, 0.4) is 0 Å². The number of carbonyl (C=O) groups is 2. The summed E-state index contributed by atoms with van der Waals surface area (Å²) in [6, 6.07) is 7.52. The summed E-state index contributed by atoms with van der Waals surface area (Å²) in [5.41, 5.74) is 3.62. The molecule has 6 heteroatoms. The number of hydrogen-bond acceptors (Lipinski definition) is 6. The fraction of sp³-hybridized carbons (Fsp3) is 0.455. The molecule has 0 unspecified atom stereocenters. The average Bonchev–Trinajstić information content (AvgIpc) is 2.70. The molecule has 0 radical (unpaired) electrons. The van der Waals surface area contributed by atoms with Crippen molar-refractivity contribution in [3.05, 3.63) is 52.4 Å². The van der Waals surface area contributed by atoms with Crippen LogP contribution in [-0.2, 0) is 19.1 Å². The molecule has 0 fully saturated rings. The van der Waals surface area contributed by atoms with Gasteiger partial charge >= 0.3 is 5.97 Å². The molecule has 0 amide bonds. The van der Waals surface area contributed by atoms with Crippen molar-refractivity contribution < 1.29 is 23.8 Å². The fourth-order valence-electron chi connectivity index (χ4n) is 3.82. The first-order valence-corrected chi connectivity index (χ1v) is 9.69. The van der Waals surface area contributed by atoms with E-state index in [1.165, 1.54) is 0 Å². The molecule has 6 nitrogen and oxygen atoms in total. The van der Waals surface area contributed by atoms with E-state index >= 15 is 0 Å². The third-order valence-electron chi connectivity index (χ3n) is 5.09. The minimum atomic E-state index is -0.459. The molecule has 1 heterocycles. The zero-order valence-corrected chi connectivity index (χ0v) is 16.7. The molecule has 150 valence electrons. The van der Waals surface area contributed by atoms with Crippen LogP contribution >= 0.6 is 0 Å². The number of benzene rings is 1. The molecule has 1 atom stereocenters. The number of ether oxygens (including phenoxy) is 3. The van der Waals surface area contributed by atoms with Crippen molar-refractivity contribution >= 4 is 11.8 Å². The van der Waals surface area contributed by atoms with E-state index in [1.54, 1.807) is 7.11 Å². The van der Waals surface area contributed by atoms with Crippen molar-refractivity contribution in [1.29, 1.82) is 0 Å². The first-order chi connectivity index (χ1) is 13.6. The van der Waals surface area contributed by atoms with E-state index in [-0.39, 0.29) is 12.4 Å². The van der Waals surface area contributed by atoms with Crippen LogP contribution in [0.2, 0.25) is 0 Å². The van der Waals surface area contributed by atoms with Crippen LogP contribution in [-0.4, -0.2) is 38.7 Å². The van der Waals surface area contributed by atoms with Crippen LogP contribution in [0, 0.1) is 0 Å². The summed E-state index contributed by atoms with van der Waals surface area (Å²) < 4.78 is 16.1. The van der Waals surface area contributed by atoms with Gasteiger partial charge in [-0.2, -0.15) is 0 Å². The Morgan fingerprint density at radius 1 is 1.25 bits per heavy atom. The van der Waals surface area contributed by atoms with E-state index in [1.807, 2.05) is 38.1 Å². The van der Waals surface area contributed by atoms with Crippen molar-refractivity contribution in [2.24, 2.45) is 0 Å². The maximum Gasteiger partial charge on any atom is 0.336 e. The van der Waals surface area contributed by atoms with Gasteiger partial charge in [-0.25, -0.2) is 4.79 Å². The fourth-order valence-corrected chi connectivity index (χ4v) is 3.82. The number of nitrogens with one attached hydrogen (secondary N) is 1. The number of esters is 1. The summed E-state index contributed by atoms with van der Waals surface area (Å²) in [7, 11) is 1.60. The number of dihydropyridines is 1. The second-order valence-corrected chi connectivity index (χ2v) is 6.88. The molecule has 1 aromatic rings. The molecule has 3 rings (SSSR count). The standard InChI is InChI=1S/C22H27NO5/c1-4-27-11-12-28-22(25)19-14(2)23-17-9-6-10-18(24)21(17)20(19)15-7-5-8-16(13-15)26-3/h5,7-8,13,20,23H,4,6,9-12H2,1-3H3/t20-/m0/s1. The average molecular weight is 385 g/mol. The Morgan fingerprint density at radius 3 is 2.82 bits per heavy atom. The lowest BCUT2D eigenvalue weighted by Crippen LogP contribution is -2.34. The summed E-state index contributed by atoms with van der Waals surface area (Å²) in [4.78, 5) is 25.8. The predicted octanol–water partition coefficient (Wildman–Crippen LogP) is 3.24. The third kappa shape index (κ3) is 4.12. The Hall–Kier alpha value is -2.60. The van der Waals surface area contributed by atoms with Crippen LogP contribution in [0.25, 0.3) is 0 Å². The highest BCUT2D eigenvalue weighted by molar-refractivity contribution is 6.03. The Kier molecular flexibility index (Phi) is 6.52. The monoisotopic (exact) mass is 385 g/mol. The second-order valence-electron chi connectivity index (χ2n) is 6.88. The van der Waals surface area contributed by atoms with Gasteiger partial charge in [-0.1, -0.05) is 12.1 Å². The molecule has 0 bridgehead atoms. The number of rotatable bonds is 7. The molecule has 1 aromatic carbocycles. The highest BCUT2D eigenvalue weighted by Crippen LogP contribution is 2.43. The summed E-state index contributed by atoms with van der Waals surface area (Å²) in [5, 5.41) is 3.28. The van der Waals surface area contributed by atoms with Crippen LogP contribution in [0.4, 0.5) is 0 Å². The lowest BCUT2D eigenvalue weighted by Gasteiger charge is -2.34. The van der Waals surface area contributed by atoms with Gasteiger partial charge in [0.2, 0.25) is 0 Å². The van der Waals surface area contributed by atoms with Gasteiger partial charge in [0.25, 0.3) is 0 Å². The maximum atomic E-state index is 13.0. The zero-order chi connectivity index (χ0) is 20.1. The van der Waals surface area contributed by atoms with Gasteiger partial charge in [0.05, 0.1) is 19.3 Å². The summed E-state index contributed by atoms with van der Waals surface area (Å²) >= 11 is 0. The highest BCUT2D eigenvalue weighted by atomic mass is 16.6. The van der Waals surface area contributed by atoms with Crippen molar-refractivity contribution in [1.82, 2.24) is 5.32 Å². The molecule has 2 aliphatic rings. The lowest BCUT2D eigenvalue weighted by atomic mass is 9.75. The van der Waals surface area contributed by atoms with Gasteiger partial charge in [-0.15, -0.1) is 0 Å². The van der Waals surface area contributed by atoms with E-state index in [0.29, 0.717) is 36.5 Å². The first kappa shape index (κ1) is 20.1. The van der Waals surface area contributed by atoms with E-state index in [9.17, 15) is 9.59 Å². The highest BCUT2D eigenvalue weighted by Gasteiger charge is 2.39. The summed E-state index contributed by atoms with van der Waals surface area (Å²) in [5.74, 6) is -0.127. The number of hydrogen-bond donors (Lipinski definition) is 1. The molecule has 0 saturated heterocycles. The van der Waals surface area contributed by atoms with Crippen molar-refractivity contribution in [3.63, 3.8) is 0 Å². The van der Waals surface area contributed by atoms with Gasteiger partial charge in [0, 0.05) is 35.9 Å². The van der Waals surface area contributed by atoms with Gasteiger partial charge in [0.15, 0.2) is 5.78 Å². The smallest absolute Gasteiger partial charge is 0.336 e. The van der Waals surface area contributed by atoms with E-state index in [4.69, 9.17) is 14.2 Å². The van der Waals surface area contributed by atoms with Crippen LogP contribution in [0.1, 0.15) is 44.6 Å². The molecular weight excluding hydrogens is 358 g/mol. The zero-order valence-electron chi connectivity index (χ0n) is 16.7. The van der Waals surface area contributed by atoms with Gasteiger partial charge < -0.3 is 19.5 Å². The van der Waals surface area contributed by atoms with Gasteiger partial charge in [-0.05, 0) is 44.4 Å². The van der Waals surface area contributed by atoms with Crippen molar-refractivity contribution in [3.8, 4) is 5.75 Å². The number of methoxy groups -OCH3 is 1. The molecule has 0 saturated carbocycles. The van der Waals surface area contributed by atoms with Crippen LogP contribution < -0.4 is 10.1 Å². The lowest BCUT2D eigenvalue weighted by molar-refractivity contribution is -0.140. The summed E-state index contributed by atoms with van der Waals surface area (Å²) in [6.07, 6.45) is 2.11. The number of Topliss-reactive ketones (excluding diaryl/α,β-unsaturated/α-hetero) is 1. The Balaban J connectivity index is 2.00. The topological polar surface area (TPSA) is 73.9 Å². The van der Waals surface area contributed by atoms with Crippen LogP contribution in [0.5, 0.6) is 5.75 Å². The Labute approximate surface area is 165 Å². The minimum Gasteiger partial charge on any atom is -0.497 e. The number of allylic oxidation sites excluding steroid dienone is 3. The van der Waals surface area contributed by atoms with E-state index in [2.05, 4.69) is 5.32 Å². The van der Waals surface area contributed by atoms with E-state index < -0.39 is 11.9 Å². The van der Waals surface area contributed by atoms with E-state index in [0.717, 1.165) is 29.8 Å². The predicted molar refractivity (Wildman–Crippen MR) is 105 cm³/mol. The molecule has 28 heavy (non-hydrogen) atoms. The SMILES string of the molecule is CCOCCOC(=O)C1=C(C)NC2=C(C(=O)CCC2)[C@H]1c1cccc(OC)c1. The third-order valence-corrected chi connectivity index (χ3v) is 5.09. The molecule has 0 spiro atoms. The van der Waals surface area contributed by atoms with Crippen molar-refractivity contribution in [2.45, 2.75) is 39.0 Å². The number of carbonyl (C=O) groups excluding carboxylic acids is 2. The molecule has 1 N–H and O–H groups in total. The number of ketones is 1. The maximum absolute atomic E-state index is 13.0. The minimum absolute atomic E-state index is 0.0775. The Morgan fingerprint density at radius 2 is 2.07 bits per heavy atom. The normalized spacial score (nSPS) is 19.2. The molecule has 0 aromatic heterocycles. The van der Waals surface area contributed by atoms with Gasteiger partial charge in [0.1, 0.15) is 12.4 Å². The molecular formula is C22H27NO5. The van der Waals surface area contributed by atoms with Gasteiger partial charge in [-0.3, -0.25) is 4.79 Å². The van der Waals surface area contributed by atoms with Crippen molar-refractivity contribution in [2.75, 3.05) is 26.9 Å². The quantitative estimate of drug-likeness (QED) is 0.574. The largest absolute Gasteiger partial charge is 0.497 e. The van der Waals surface area contributed by atoms with Crippen LogP contribution in [0.15, 0.2) is 46.8 Å². The summed E-state index contributed by atoms with van der Waals surface area (Å²) in [6.45, 7) is 4.83.